The largest absolute Gasteiger partial charge is 0.396 e. The van der Waals surface area contributed by atoms with Gasteiger partial charge in [-0.05, 0) is 62.8 Å². The van der Waals surface area contributed by atoms with Crippen LogP contribution in [-0.2, 0) is 14.5 Å². The quantitative estimate of drug-likeness (QED) is 0.187. The smallest absolute Gasteiger partial charge is 0.195 e. The molecular weight excluding hydrogens is 339 g/mol. The SMILES string of the molecule is C/C(=N/OCCCCCCO/N=C\c1cc(C)cc(C=O)c1)C(=O)P. The second-order valence-corrected chi connectivity index (χ2v) is 6.18. The number of hydrogen-bond donors (Lipinski definition) is 0. The molecule has 1 unspecified atom stereocenters. The Kier molecular flexibility index (Phi) is 10.3. The maximum atomic E-state index is 10.9. The third-order valence-electron chi connectivity index (χ3n) is 3.31. The summed E-state index contributed by atoms with van der Waals surface area (Å²) < 4.78 is 0. The summed E-state index contributed by atoms with van der Waals surface area (Å²) >= 11 is 0. The second-order valence-electron chi connectivity index (χ2n) is 5.65. The Morgan fingerprint density at radius 2 is 1.72 bits per heavy atom. The zero-order valence-corrected chi connectivity index (χ0v) is 15.9. The Balaban J connectivity index is 2.09. The van der Waals surface area contributed by atoms with E-state index in [1.165, 1.54) is 0 Å². The van der Waals surface area contributed by atoms with Crippen molar-refractivity contribution >= 4 is 33.0 Å². The standard InChI is InChI=1S/C18H25N2O4P/c1-14-9-16(11-17(10-14)13-21)12-19-23-7-5-3-4-6-8-24-20-15(2)18(22)25/h9-13H,3-8,25H2,1-2H3/b19-12-,20-15-. The Morgan fingerprint density at radius 1 is 1.08 bits per heavy atom. The number of aldehydes is 1. The maximum Gasteiger partial charge on any atom is 0.195 e. The molecule has 1 atom stereocenters. The Morgan fingerprint density at radius 3 is 2.36 bits per heavy atom. The average Bonchev–Trinajstić information content (AvgIpc) is 2.58. The van der Waals surface area contributed by atoms with Crippen LogP contribution in [-0.4, -0.2) is 37.0 Å². The fourth-order valence-corrected chi connectivity index (χ4v) is 2.06. The van der Waals surface area contributed by atoms with E-state index < -0.39 is 0 Å². The lowest BCUT2D eigenvalue weighted by atomic mass is 10.1. The molecule has 1 aromatic carbocycles. The van der Waals surface area contributed by atoms with Crippen LogP contribution in [0.3, 0.4) is 0 Å². The number of nitrogens with zero attached hydrogens (tertiary/aromatic N) is 2. The molecule has 1 rings (SSSR count). The number of carbonyl (C=O) groups excluding carboxylic acids is 2. The molecule has 0 amide bonds. The van der Waals surface area contributed by atoms with Crippen LogP contribution in [0.4, 0.5) is 0 Å². The second kappa shape index (κ2) is 12.3. The number of rotatable bonds is 12. The molecule has 0 radical (unpaired) electrons. The average molecular weight is 364 g/mol. The van der Waals surface area contributed by atoms with Gasteiger partial charge < -0.3 is 9.68 Å². The van der Waals surface area contributed by atoms with E-state index in [-0.39, 0.29) is 5.52 Å². The van der Waals surface area contributed by atoms with Gasteiger partial charge in [0.25, 0.3) is 0 Å². The molecule has 0 aliphatic carbocycles. The van der Waals surface area contributed by atoms with Crippen LogP contribution in [0.2, 0.25) is 0 Å². The molecule has 0 saturated heterocycles. The summed E-state index contributed by atoms with van der Waals surface area (Å²) in [5.41, 5.74) is 2.68. The van der Waals surface area contributed by atoms with Crippen LogP contribution < -0.4 is 0 Å². The third kappa shape index (κ3) is 9.72. The summed E-state index contributed by atoms with van der Waals surface area (Å²) in [6.07, 6.45) is 6.21. The number of unbranched alkanes of at least 4 members (excludes halogenated alkanes) is 3. The first-order valence-corrected chi connectivity index (χ1v) is 8.79. The number of oxime groups is 2. The third-order valence-corrected chi connectivity index (χ3v) is 3.73. The summed E-state index contributed by atoms with van der Waals surface area (Å²) in [6.45, 7) is 4.59. The zero-order chi connectivity index (χ0) is 18.5. The van der Waals surface area contributed by atoms with Crippen LogP contribution in [0, 0.1) is 6.92 Å². The van der Waals surface area contributed by atoms with Crippen molar-refractivity contribution in [2.24, 2.45) is 10.3 Å². The molecule has 0 N–H and O–H groups in total. The molecule has 7 heteroatoms. The molecule has 1 aromatic rings. The Hall–Kier alpha value is -2.07. The van der Waals surface area contributed by atoms with Crippen LogP contribution in [0.25, 0.3) is 0 Å². The first-order chi connectivity index (χ1) is 12.0. The van der Waals surface area contributed by atoms with E-state index >= 15 is 0 Å². The van der Waals surface area contributed by atoms with Gasteiger partial charge in [0.2, 0.25) is 0 Å². The van der Waals surface area contributed by atoms with Crippen LogP contribution in [0.5, 0.6) is 0 Å². The molecule has 0 spiro atoms. The van der Waals surface area contributed by atoms with Crippen molar-refractivity contribution in [1.82, 2.24) is 0 Å². The molecule has 0 fully saturated rings. The van der Waals surface area contributed by atoms with Crippen molar-refractivity contribution in [2.75, 3.05) is 13.2 Å². The molecule has 0 aliphatic rings. The monoisotopic (exact) mass is 364 g/mol. The van der Waals surface area contributed by atoms with Crippen molar-refractivity contribution in [3.05, 3.63) is 34.9 Å². The molecule has 0 aromatic heterocycles. The fourth-order valence-electron chi connectivity index (χ4n) is 2.01. The van der Waals surface area contributed by atoms with Gasteiger partial charge in [-0.3, -0.25) is 9.59 Å². The Labute approximate surface area is 150 Å². The van der Waals surface area contributed by atoms with Gasteiger partial charge in [0, 0.05) is 5.56 Å². The highest BCUT2D eigenvalue weighted by Gasteiger charge is 1.98. The molecule has 25 heavy (non-hydrogen) atoms. The molecule has 0 bridgehead atoms. The van der Waals surface area contributed by atoms with E-state index in [2.05, 4.69) is 19.6 Å². The number of aryl methyl sites for hydroxylation is 1. The van der Waals surface area contributed by atoms with Gasteiger partial charge in [-0.25, -0.2) is 0 Å². The van der Waals surface area contributed by atoms with E-state index in [0.29, 0.717) is 24.5 Å². The minimum absolute atomic E-state index is 0.161. The maximum absolute atomic E-state index is 10.9. The minimum Gasteiger partial charge on any atom is -0.396 e. The highest BCUT2D eigenvalue weighted by atomic mass is 31.0. The Bertz CT molecular complexity index is 630. The lowest BCUT2D eigenvalue weighted by Crippen LogP contribution is -2.02. The van der Waals surface area contributed by atoms with Gasteiger partial charge in [-0.15, -0.1) is 0 Å². The summed E-state index contributed by atoms with van der Waals surface area (Å²) in [6, 6.07) is 5.53. The summed E-state index contributed by atoms with van der Waals surface area (Å²) in [5, 5.41) is 7.63. The predicted molar refractivity (Wildman–Crippen MR) is 102 cm³/mol. The lowest BCUT2D eigenvalue weighted by molar-refractivity contribution is -0.105. The molecule has 0 aliphatic heterocycles. The highest BCUT2D eigenvalue weighted by molar-refractivity contribution is 7.45. The van der Waals surface area contributed by atoms with Crippen LogP contribution >= 0.6 is 9.24 Å². The van der Waals surface area contributed by atoms with Crippen LogP contribution in [0.1, 0.15) is 54.1 Å². The fraction of sp³-hybridized carbons (Fsp3) is 0.444. The van der Waals surface area contributed by atoms with Gasteiger partial charge in [0.15, 0.2) is 5.52 Å². The van der Waals surface area contributed by atoms with Gasteiger partial charge in [-0.2, -0.15) is 0 Å². The topological polar surface area (TPSA) is 77.3 Å². The normalized spacial score (nSPS) is 11.6. The lowest BCUT2D eigenvalue weighted by Gasteiger charge is -2.02. The van der Waals surface area contributed by atoms with Crippen molar-refractivity contribution in [3.8, 4) is 0 Å². The van der Waals surface area contributed by atoms with E-state index in [1.54, 1.807) is 19.2 Å². The van der Waals surface area contributed by atoms with Crippen molar-refractivity contribution in [1.29, 1.82) is 0 Å². The molecular formula is C18H25N2O4P. The van der Waals surface area contributed by atoms with Gasteiger partial charge >= 0.3 is 0 Å². The minimum atomic E-state index is -0.161. The summed E-state index contributed by atoms with van der Waals surface area (Å²) in [7, 11) is 2.06. The summed E-state index contributed by atoms with van der Waals surface area (Å²) in [4.78, 5) is 32.0. The number of carbonyl (C=O) groups is 2. The van der Waals surface area contributed by atoms with E-state index in [1.807, 2.05) is 19.1 Å². The van der Waals surface area contributed by atoms with Crippen molar-refractivity contribution in [3.63, 3.8) is 0 Å². The molecule has 136 valence electrons. The highest BCUT2D eigenvalue weighted by Crippen LogP contribution is 2.06. The van der Waals surface area contributed by atoms with Crippen LogP contribution in [0.15, 0.2) is 28.5 Å². The molecule has 0 saturated carbocycles. The first-order valence-electron chi connectivity index (χ1n) is 8.21. The number of benzene rings is 1. The zero-order valence-electron chi connectivity index (χ0n) is 14.7. The van der Waals surface area contributed by atoms with Gasteiger partial charge in [0.1, 0.15) is 25.2 Å². The van der Waals surface area contributed by atoms with E-state index in [4.69, 9.17) is 9.68 Å². The number of hydrogen-bond acceptors (Lipinski definition) is 6. The molecule has 6 nitrogen and oxygen atoms in total. The first kappa shape index (κ1) is 21.0. The summed E-state index contributed by atoms with van der Waals surface area (Å²) in [5.74, 6) is 0. The van der Waals surface area contributed by atoms with Gasteiger partial charge in [-0.1, -0.05) is 25.6 Å². The van der Waals surface area contributed by atoms with E-state index in [9.17, 15) is 9.59 Å². The van der Waals surface area contributed by atoms with Gasteiger partial charge in [0.05, 0.1) is 6.21 Å². The van der Waals surface area contributed by atoms with E-state index in [0.717, 1.165) is 43.1 Å². The van der Waals surface area contributed by atoms with Crippen molar-refractivity contribution < 1.29 is 19.3 Å². The molecule has 0 heterocycles. The van der Waals surface area contributed by atoms with Crippen molar-refractivity contribution in [2.45, 2.75) is 39.5 Å². The predicted octanol–water partition coefficient (Wildman–Crippen LogP) is 3.51.